The van der Waals surface area contributed by atoms with Crippen molar-refractivity contribution in [2.45, 2.75) is 70.9 Å². The van der Waals surface area contributed by atoms with Crippen molar-refractivity contribution in [3.8, 4) is 0 Å². The van der Waals surface area contributed by atoms with Gasteiger partial charge in [0.2, 0.25) is 11.8 Å². The second-order valence-electron chi connectivity index (χ2n) is 7.27. The first-order chi connectivity index (χ1) is 13.4. The third-order valence-corrected chi connectivity index (χ3v) is 4.92. The zero-order chi connectivity index (χ0) is 20.1. The molecule has 1 aliphatic carbocycles. The van der Waals surface area contributed by atoms with Crippen LogP contribution in [0.2, 0.25) is 0 Å². The second-order valence-corrected chi connectivity index (χ2v) is 7.27. The first kappa shape index (κ1) is 19.9. The second kappa shape index (κ2) is 8.90. The highest BCUT2D eigenvalue weighted by atomic mass is 16.6. The lowest BCUT2D eigenvalue weighted by molar-refractivity contribution is -0.115. The number of amides is 2. The minimum atomic E-state index is -0.362. The van der Waals surface area contributed by atoms with E-state index in [4.69, 9.17) is 9.15 Å². The van der Waals surface area contributed by atoms with Gasteiger partial charge in [-0.05, 0) is 39.5 Å². The van der Waals surface area contributed by atoms with E-state index in [2.05, 4.69) is 25.8 Å². The Balaban J connectivity index is 1.47. The molecule has 0 radical (unpaired) electrons. The van der Waals surface area contributed by atoms with Crippen LogP contribution in [-0.2, 0) is 16.0 Å². The third-order valence-electron chi connectivity index (χ3n) is 4.92. The first-order valence-electron chi connectivity index (χ1n) is 9.66. The van der Waals surface area contributed by atoms with E-state index in [1.54, 1.807) is 13.1 Å². The Morgan fingerprint density at radius 1 is 1.43 bits per heavy atom. The van der Waals surface area contributed by atoms with Gasteiger partial charge in [0, 0.05) is 23.7 Å². The van der Waals surface area contributed by atoms with Crippen LogP contribution in [0.4, 0.5) is 10.6 Å². The van der Waals surface area contributed by atoms with E-state index in [0.717, 1.165) is 31.4 Å². The molecule has 1 saturated carbocycles. The van der Waals surface area contributed by atoms with Crippen molar-refractivity contribution in [2.24, 2.45) is 0 Å². The van der Waals surface area contributed by atoms with Gasteiger partial charge < -0.3 is 19.8 Å². The number of hydrogen-bond donors (Lipinski definition) is 3. The van der Waals surface area contributed by atoms with Gasteiger partial charge in [0.15, 0.2) is 5.82 Å². The maximum absolute atomic E-state index is 12.1. The summed E-state index contributed by atoms with van der Waals surface area (Å²) in [7, 11) is 0. The summed E-state index contributed by atoms with van der Waals surface area (Å²) in [5.74, 6) is 1.53. The molecule has 1 aliphatic rings. The highest BCUT2D eigenvalue weighted by molar-refractivity contribution is 5.90. The standard InChI is InChI=1S/C19H27N5O4/c1-4-11(2)28-19(26)21-14-6-5-13(7-14)15-8-16(24-23-15)22-17(25)9-18-20-10-12(3)27-18/h8,10-11,13-14H,4-7,9H2,1-3H3,(H,21,26)(H2,22,23,24,25). The Bertz CT molecular complexity index is 815. The molecule has 3 N–H and O–H groups in total. The molecule has 2 aromatic heterocycles. The van der Waals surface area contributed by atoms with Crippen molar-refractivity contribution in [2.75, 3.05) is 5.32 Å². The van der Waals surface area contributed by atoms with E-state index in [0.29, 0.717) is 17.5 Å². The number of ether oxygens (including phenoxy) is 1. The average Bonchev–Trinajstić information content (AvgIpc) is 3.36. The highest BCUT2D eigenvalue weighted by Gasteiger charge is 2.29. The number of aromatic nitrogens is 3. The summed E-state index contributed by atoms with van der Waals surface area (Å²) in [5.41, 5.74) is 0.946. The van der Waals surface area contributed by atoms with Gasteiger partial charge in [-0.25, -0.2) is 9.78 Å². The number of nitrogens with zero attached hydrogens (tertiary/aromatic N) is 2. The van der Waals surface area contributed by atoms with Gasteiger partial charge in [-0.3, -0.25) is 9.89 Å². The zero-order valence-corrected chi connectivity index (χ0v) is 16.4. The maximum atomic E-state index is 12.1. The van der Waals surface area contributed by atoms with Crippen LogP contribution >= 0.6 is 0 Å². The van der Waals surface area contributed by atoms with Crippen molar-refractivity contribution >= 4 is 17.8 Å². The fraction of sp³-hybridized carbons (Fsp3) is 0.579. The fourth-order valence-corrected chi connectivity index (χ4v) is 3.28. The van der Waals surface area contributed by atoms with Gasteiger partial charge in [0.25, 0.3) is 0 Å². The van der Waals surface area contributed by atoms with Crippen molar-refractivity contribution in [1.82, 2.24) is 20.5 Å². The lowest BCUT2D eigenvalue weighted by atomic mass is 10.0. The minimum Gasteiger partial charge on any atom is -0.447 e. The number of aromatic amines is 1. The zero-order valence-electron chi connectivity index (χ0n) is 16.4. The number of rotatable bonds is 7. The summed E-state index contributed by atoms with van der Waals surface area (Å²) in [4.78, 5) is 28.0. The normalized spacial score (nSPS) is 20.0. The van der Waals surface area contributed by atoms with Crippen molar-refractivity contribution in [3.05, 3.63) is 29.6 Å². The van der Waals surface area contributed by atoms with Gasteiger partial charge >= 0.3 is 6.09 Å². The van der Waals surface area contributed by atoms with E-state index >= 15 is 0 Å². The number of oxazole rings is 1. The average molecular weight is 389 g/mol. The van der Waals surface area contributed by atoms with Gasteiger partial charge in [-0.1, -0.05) is 6.92 Å². The number of alkyl carbamates (subject to hydrolysis) is 1. The third kappa shape index (κ3) is 5.34. The van der Waals surface area contributed by atoms with E-state index < -0.39 is 0 Å². The Kier molecular flexibility index (Phi) is 6.33. The van der Waals surface area contributed by atoms with Crippen molar-refractivity contribution in [3.63, 3.8) is 0 Å². The van der Waals surface area contributed by atoms with Crippen LogP contribution in [0.5, 0.6) is 0 Å². The molecule has 2 aromatic rings. The van der Waals surface area contributed by atoms with E-state index in [-0.39, 0.29) is 36.5 Å². The molecular formula is C19H27N5O4. The molecule has 28 heavy (non-hydrogen) atoms. The molecule has 2 amide bonds. The van der Waals surface area contributed by atoms with Gasteiger partial charge in [0.05, 0.1) is 6.20 Å². The first-order valence-corrected chi connectivity index (χ1v) is 9.66. The van der Waals surface area contributed by atoms with Crippen LogP contribution in [0.25, 0.3) is 0 Å². The van der Waals surface area contributed by atoms with E-state index in [1.807, 2.05) is 19.9 Å². The molecule has 3 rings (SSSR count). The van der Waals surface area contributed by atoms with Gasteiger partial charge in [-0.2, -0.15) is 5.10 Å². The number of H-pyrrole nitrogens is 1. The summed E-state index contributed by atoms with van der Waals surface area (Å²) in [6.45, 7) is 5.63. The Morgan fingerprint density at radius 2 is 2.25 bits per heavy atom. The van der Waals surface area contributed by atoms with Crippen molar-refractivity contribution in [1.29, 1.82) is 0 Å². The van der Waals surface area contributed by atoms with Crippen LogP contribution < -0.4 is 10.6 Å². The summed E-state index contributed by atoms with van der Waals surface area (Å²) < 4.78 is 10.6. The molecule has 0 spiro atoms. The van der Waals surface area contributed by atoms with Gasteiger partial charge in [-0.15, -0.1) is 0 Å². The molecule has 0 aliphatic heterocycles. The lowest BCUT2D eigenvalue weighted by Crippen LogP contribution is -2.35. The fourth-order valence-electron chi connectivity index (χ4n) is 3.28. The van der Waals surface area contributed by atoms with Gasteiger partial charge in [0.1, 0.15) is 18.3 Å². The highest BCUT2D eigenvalue weighted by Crippen LogP contribution is 2.34. The predicted molar refractivity (Wildman–Crippen MR) is 102 cm³/mol. The van der Waals surface area contributed by atoms with E-state index in [1.165, 1.54) is 0 Å². The number of aryl methyl sites for hydroxylation is 1. The molecule has 9 heteroatoms. The van der Waals surface area contributed by atoms with Crippen LogP contribution in [0.3, 0.4) is 0 Å². The molecule has 0 aromatic carbocycles. The minimum absolute atomic E-state index is 0.0593. The molecule has 0 bridgehead atoms. The number of hydrogen-bond acceptors (Lipinski definition) is 6. The van der Waals surface area contributed by atoms with Crippen LogP contribution in [0.15, 0.2) is 16.7 Å². The molecule has 3 unspecified atom stereocenters. The molecule has 1 fully saturated rings. The molecule has 152 valence electrons. The van der Waals surface area contributed by atoms with Crippen molar-refractivity contribution < 1.29 is 18.7 Å². The number of carbonyl (C=O) groups excluding carboxylic acids is 2. The Labute approximate surface area is 163 Å². The molecule has 0 saturated heterocycles. The monoisotopic (exact) mass is 389 g/mol. The Morgan fingerprint density at radius 3 is 2.96 bits per heavy atom. The molecule has 2 heterocycles. The van der Waals surface area contributed by atoms with Crippen LogP contribution in [0, 0.1) is 6.92 Å². The number of anilines is 1. The maximum Gasteiger partial charge on any atom is 0.407 e. The summed E-state index contributed by atoms with van der Waals surface area (Å²) >= 11 is 0. The topological polar surface area (TPSA) is 122 Å². The smallest absolute Gasteiger partial charge is 0.407 e. The van der Waals surface area contributed by atoms with Crippen LogP contribution in [-0.4, -0.2) is 39.3 Å². The van der Waals surface area contributed by atoms with E-state index in [9.17, 15) is 9.59 Å². The predicted octanol–water partition coefficient (Wildman–Crippen LogP) is 3.05. The molecule has 9 nitrogen and oxygen atoms in total. The molecular weight excluding hydrogens is 362 g/mol. The number of nitrogens with one attached hydrogen (secondary N) is 3. The largest absolute Gasteiger partial charge is 0.447 e. The Hall–Kier alpha value is -2.84. The van der Waals surface area contributed by atoms with Crippen LogP contribution in [0.1, 0.15) is 62.8 Å². The summed E-state index contributed by atoms with van der Waals surface area (Å²) in [6, 6.07) is 1.92. The lowest BCUT2D eigenvalue weighted by Gasteiger charge is -2.16. The molecule has 3 atom stereocenters. The summed E-state index contributed by atoms with van der Waals surface area (Å²) in [5, 5.41) is 12.8. The summed E-state index contributed by atoms with van der Waals surface area (Å²) in [6.07, 6.45) is 4.60. The number of carbonyl (C=O) groups is 2. The quantitative estimate of drug-likeness (QED) is 0.669. The SMILES string of the molecule is CCC(C)OC(=O)NC1CCC(c2cc(NC(=O)Cc3ncc(C)o3)n[nH]2)C1.